The summed E-state index contributed by atoms with van der Waals surface area (Å²) < 4.78 is 13.6. The molecule has 14 heavy (non-hydrogen) atoms. The maximum atomic E-state index is 13.6. The smallest absolute Gasteiger partial charge is 0.142 e. The number of fused-ring (bicyclic) bond motifs is 1. The quantitative estimate of drug-likeness (QED) is 0.482. The zero-order valence-electron chi connectivity index (χ0n) is 7.38. The summed E-state index contributed by atoms with van der Waals surface area (Å²) in [6, 6.07) is 1.68. The van der Waals surface area contributed by atoms with Gasteiger partial charge in [-0.15, -0.1) is 0 Å². The fourth-order valence-electron chi connectivity index (χ4n) is 1.27. The number of hydrogen-bond acceptors (Lipinski definition) is 2. The van der Waals surface area contributed by atoms with Crippen molar-refractivity contribution in [3.05, 3.63) is 28.9 Å². The van der Waals surface area contributed by atoms with Crippen LogP contribution in [0, 0.1) is 12.7 Å². The van der Waals surface area contributed by atoms with E-state index in [4.69, 9.17) is 19.4 Å². The van der Waals surface area contributed by atoms with Crippen LogP contribution in [0.15, 0.2) is 12.4 Å². The van der Waals surface area contributed by atoms with Crippen molar-refractivity contribution in [2.75, 3.05) is 0 Å². The summed E-state index contributed by atoms with van der Waals surface area (Å²) in [6.45, 7) is 1.71. The summed E-state index contributed by atoms with van der Waals surface area (Å²) in [7, 11) is 5.52. The van der Waals surface area contributed by atoms with E-state index >= 15 is 0 Å². The zero-order chi connectivity index (χ0) is 10.3. The lowest BCUT2D eigenvalue weighted by Crippen LogP contribution is -2.13. The van der Waals surface area contributed by atoms with Crippen LogP contribution in [0.4, 0.5) is 4.39 Å². The van der Waals surface area contributed by atoms with Crippen molar-refractivity contribution in [1.82, 2.24) is 9.97 Å². The van der Waals surface area contributed by atoms with Crippen molar-refractivity contribution >= 4 is 35.8 Å². The van der Waals surface area contributed by atoms with Gasteiger partial charge in [0.05, 0.1) is 0 Å². The summed E-state index contributed by atoms with van der Waals surface area (Å²) in [5.41, 5.74) is 0.895. The number of nitrogens with zero attached hydrogens (tertiary/aromatic N) is 2. The molecule has 0 spiro atoms. The van der Waals surface area contributed by atoms with E-state index < -0.39 is 5.82 Å². The highest BCUT2D eigenvalue weighted by molar-refractivity contribution is 6.36. The van der Waals surface area contributed by atoms with Gasteiger partial charge in [-0.1, -0.05) is 22.6 Å². The van der Waals surface area contributed by atoms with Crippen molar-refractivity contribution in [2.45, 2.75) is 6.92 Å². The van der Waals surface area contributed by atoms with Gasteiger partial charge in [-0.3, -0.25) is 0 Å². The number of aromatic nitrogens is 2. The van der Waals surface area contributed by atoms with Crippen LogP contribution in [0.5, 0.6) is 0 Å². The summed E-state index contributed by atoms with van der Waals surface area (Å²) in [6.07, 6.45) is 1.21. The Balaban J connectivity index is 2.98. The summed E-state index contributed by atoms with van der Waals surface area (Å²) >= 11 is 5.79. The third-order valence-corrected chi connectivity index (χ3v) is 2.37. The minimum Gasteiger partial charge on any atom is -0.233 e. The van der Waals surface area contributed by atoms with Crippen molar-refractivity contribution < 1.29 is 4.39 Å². The monoisotopic (exact) mass is 206 g/mol. The number of rotatable bonds is 0. The molecular weight excluding hydrogens is 201 g/mol. The van der Waals surface area contributed by atoms with E-state index in [-0.39, 0.29) is 16.1 Å². The molecule has 2 rings (SSSR count). The SMILES string of the molecule is [B]c1c(C)cc2c(Cl)ncnc2c1F. The van der Waals surface area contributed by atoms with E-state index in [1.54, 1.807) is 13.0 Å². The fraction of sp³-hybridized carbons (Fsp3) is 0.111. The molecule has 0 amide bonds. The van der Waals surface area contributed by atoms with E-state index in [1.807, 2.05) is 0 Å². The second-order valence-electron chi connectivity index (χ2n) is 2.98. The molecule has 0 aliphatic heterocycles. The van der Waals surface area contributed by atoms with E-state index in [0.717, 1.165) is 0 Å². The maximum Gasteiger partial charge on any atom is 0.142 e. The minimum atomic E-state index is -0.538. The zero-order valence-corrected chi connectivity index (χ0v) is 8.14. The number of benzene rings is 1. The Morgan fingerprint density at radius 1 is 1.43 bits per heavy atom. The van der Waals surface area contributed by atoms with Gasteiger partial charge in [0.1, 0.15) is 30.7 Å². The van der Waals surface area contributed by atoms with Crippen LogP contribution in [-0.4, -0.2) is 17.8 Å². The van der Waals surface area contributed by atoms with Gasteiger partial charge in [0.15, 0.2) is 0 Å². The molecule has 68 valence electrons. The standard InChI is InChI=1S/C9H5BClFN2/c1-4-2-5-8(7(12)6(4)10)13-3-14-9(5)11/h2-3H,1H3. The molecular formula is C9H5BClFN2. The second-order valence-corrected chi connectivity index (χ2v) is 3.34. The highest BCUT2D eigenvalue weighted by Gasteiger charge is 2.10. The van der Waals surface area contributed by atoms with Gasteiger partial charge in [0.25, 0.3) is 0 Å². The molecule has 2 radical (unpaired) electrons. The van der Waals surface area contributed by atoms with Crippen LogP contribution >= 0.6 is 11.6 Å². The normalized spacial score (nSPS) is 10.8. The Hall–Kier alpha value is -1.16. The first-order valence-electron chi connectivity index (χ1n) is 3.96. The average Bonchev–Trinajstić information content (AvgIpc) is 2.17. The Morgan fingerprint density at radius 2 is 2.14 bits per heavy atom. The molecule has 2 aromatic rings. The van der Waals surface area contributed by atoms with E-state index in [0.29, 0.717) is 10.9 Å². The largest absolute Gasteiger partial charge is 0.233 e. The molecule has 0 aliphatic rings. The van der Waals surface area contributed by atoms with Crippen LogP contribution in [0.1, 0.15) is 5.56 Å². The second kappa shape index (κ2) is 3.21. The number of hydrogen-bond donors (Lipinski definition) is 0. The maximum absolute atomic E-state index is 13.6. The molecule has 1 aromatic heterocycles. The molecule has 0 unspecified atom stereocenters. The third-order valence-electron chi connectivity index (χ3n) is 2.07. The van der Waals surface area contributed by atoms with E-state index in [2.05, 4.69) is 9.97 Å². The summed E-state index contributed by atoms with van der Waals surface area (Å²) in [5, 5.41) is 0.718. The molecule has 1 heterocycles. The first-order chi connectivity index (χ1) is 6.61. The summed E-state index contributed by atoms with van der Waals surface area (Å²) in [4.78, 5) is 7.56. The Labute approximate surface area is 86.5 Å². The lowest BCUT2D eigenvalue weighted by molar-refractivity contribution is 0.643. The highest BCUT2D eigenvalue weighted by Crippen LogP contribution is 2.21. The number of halogens is 2. The van der Waals surface area contributed by atoms with Gasteiger partial charge in [0.2, 0.25) is 0 Å². The minimum absolute atomic E-state index is 0.104. The van der Waals surface area contributed by atoms with Gasteiger partial charge >= 0.3 is 0 Å². The fourth-order valence-corrected chi connectivity index (χ4v) is 1.46. The molecule has 1 aromatic carbocycles. The lowest BCUT2D eigenvalue weighted by Gasteiger charge is -2.06. The van der Waals surface area contributed by atoms with Gasteiger partial charge in [-0.05, 0) is 13.0 Å². The molecule has 0 N–H and O–H groups in total. The predicted octanol–water partition coefficient (Wildman–Crippen LogP) is 1.52. The molecule has 0 bridgehead atoms. The highest BCUT2D eigenvalue weighted by atomic mass is 35.5. The summed E-state index contributed by atoms with van der Waals surface area (Å²) in [5.74, 6) is -0.538. The average molecular weight is 206 g/mol. The first kappa shape index (κ1) is 9.40. The van der Waals surface area contributed by atoms with E-state index in [9.17, 15) is 4.39 Å². The van der Waals surface area contributed by atoms with Crippen LogP contribution < -0.4 is 5.46 Å². The van der Waals surface area contributed by atoms with Crippen LogP contribution in [0.25, 0.3) is 10.9 Å². The molecule has 5 heteroatoms. The number of aryl methyl sites for hydroxylation is 1. The van der Waals surface area contributed by atoms with Gasteiger partial charge < -0.3 is 0 Å². The predicted molar refractivity (Wildman–Crippen MR) is 54.6 cm³/mol. The third kappa shape index (κ3) is 1.26. The molecule has 0 fully saturated rings. The van der Waals surface area contributed by atoms with Crippen molar-refractivity contribution in [2.24, 2.45) is 0 Å². The van der Waals surface area contributed by atoms with Crippen LogP contribution in [-0.2, 0) is 0 Å². The van der Waals surface area contributed by atoms with Gasteiger partial charge in [-0.2, -0.15) is 0 Å². The molecule has 0 atom stereocenters. The molecule has 0 saturated carbocycles. The topological polar surface area (TPSA) is 25.8 Å². The van der Waals surface area contributed by atoms with Crippen molar-refractivity contribution in [1.29, 1.82) is 0 Å². The lowest BCUT2D eigenvalue weighted by atomic mass is 9.89. The Kier molecular flexibility index (Phi) is 2.15. The van der Waals surface area contributed by atoms with Crippen LogP contribution in [0.3, 0.4) is 0 Å². The van der Waals surface area contributed by atoms with Crippen molar-refractivity contribution in [3.8, 4) is 0 Å². The molecule has 0 aliphatic carbocycles. The van der Waals surface area contributed by atoms with Crippen molar-refractivity contribution in [3.63, 3.8) is 0 Å². The first-order valence-corrected chi connectivity index (χ1v) is 4.34. The van der Waals surface area contributed by atoms with E-state index in [1.165, 1.54) is 6.33 Å². The van der Waals surface area contributed by atoms with Gasteiger partial charge in [-0.25, -0.2) is 14.4 Å². The Morgan fingerprint density at radius 3 is 2.86 bits per heavy atom. The molecule has 2 nitrogen and oxygen atoms in total. The molecule has 0 saturated heterocycles. The van der Waals surface area contributed by atoms with Gasteiger partial charge in [0, 0.05) is 5.39 Å². The van der Waals surface area contributed by atoms with Crippen LogP contribution in [0.2, 0.25) is 5.15 Å². The Bertz CT molecular complexity index is 516.